The third-order valence-corrected chi connectivity index (χ3v) is 4.19. The molecule has 1 aromatic carbocycles. The van der Waals surface area contributed by atoms with Gasteiger partial charge in [0.2, 0.25) is 0 Å². The zero-order chi connectivity index (χ0) is 15.0. The molecule has 3 rings (SSSR count). The van der Waals surface area contributed by atoms with E-state index in [1.165, 1.54) is 16.7 Å². The fraction of sp³-hybridized carbons (Fsp3) is 0.214. The highest BCUT2D eigenvalue weighted by Crippen LogP contribution is 2.33. The lowest BCUT2D eigenvalue weighted by molar-refractivity contribution is 0.251. The molecule has 108 valence electrons. The third-order valence-electron chi connectivity index (χ3n) is 3.31. The van der Waals surface area contributed by atoms with Crippen molar-refractivity contribution < 1.29 is 4.79 Å². The average Bonchev–Trinajstić information content (AvgIpc) is 2.51. The second-order valence-corrected chi connectivity index (χ2v) is 5.77. The van der Waals surface area contributed by atoms with E-state index in [-0.39, 0.29) is 6.03 Å². The highest BCUT2D eigenvalue weighted by molar-refractivity contribution is 7.98. The number of nitrogens with zero attached hydrogens (tertiary/aromatic N) is 4. The summed E-state index contributed by atoms with van der Waals surface area (Å²) in [5.74, 6) is 0.655. The van der Waals surface area contributed by atoms with E-state index in [4.69, 9.17) is 11.6 Å². The van der Waals surface area contributed by atoms with Crippen LogP contribution in [-0.2, 0) is 6.54 Å². The van der Waals surface area contributed by atoms with Crippen LogP contribution >= 0.6 is 23.4 Å². The van der Waals surface area contributed by atoms with E-state index >= 15 is 0 Å². The molecule has 7 heteroatoms. The molecule has 0 unspecified atom stereocenters. The van der Waals surface area contributed by atoms with Crippen LogP contribution < -0.4 is 9.80 Å². The fourth-order valence-electron chi connectivity index (χ4n) is 2.25. The molecule has 0 saturated carbocycles. The zero-order valence-electron chi connectivity index (χ0n) is 11.6. The number of benzene rings is 1. The van der Waals surface area contributed by atoms with Crippen LogP contribution in [0.15, 0.2) is 35.6 Å². The van der Waals surface area contributed by atoms with Crippen molar-refractivity contribution in [2.75, 3.05) is 23.1 Å². The Morgan fingerprint density at radius 1 is 1.33 bits per heavy atom. The maximum atomic E-state index is 12.6. The summed E-state index contributed by atoms with van der Waals surface area (Å²) in [5, 5.41) is 1.20. The van der Waals surface area contributed by atoms with E-state index in [0.29, 0.717) is 28.2 Å². The van der Waals surface area contributed by atoms with E-state index in [1.807, 2.05) is 24.5 Å². The SMILES string of the molecule is CSc1ncc2c(n1)N(C)C(=O)N(c1ccccc1Cl)C2. The number of hydrogen-bond acceptors (Lipinski definition) is 4. The van der Waals surface area contributed by atoms with Crippen molar-refractivity contribution in [2.24, 2.45) is 0 Å². The highest BCUT2D eigenvalue weighted by atomic mass is 35.5. The van der Waals surface area contributed by atoms with Crippen molar-refractivity contribution in [3.8, 4) is 0 Å². The van der Waals surface area contributed by atoms with Gasteiger partial charge in [0, 0.05) is 18.8 Å². The number of halogens is 1. The number of anilines is 2. The summed E-state index contributed by atoms with van der Waals surface area (Å²) in [6, 6.07) is 7.15. The van der Waals surface area contributed by atoms with E-state index in [0.717, 1.165) is 5.56 Å². The van der Waals surface area contributed by atoms with Gasteiger partial charge in [0.05, 0.1) is 17.3 Å². The van der Waals surface area contributed by atoms with Crippen molar-refractivity contribution >= 4 is 40.9 Å². The van der Waals surface area contributed by atoms with Crippen LogP contribution in [-0.4, -0.2) is 29.3 Å². The molecule has 0 atom stereocenters. The summed E-state index contributed by atoms with van der Waals surface area (Å²) < 4.78 is 0. The molecule has 1 aliphatic rings. The number of hydrogen-bond donors (Lipinski definition) is 0. The maximum absolute atomic E-state index is 12.6. The standard InChI is InChI=1S/C14H13ClN4OS/c1-18-12-9(7-16-13(17-12)21-2)8-19(14(18)20)11-6-4-3-5-10(11)15/h3-7H,8H2,1-2H3. The third kappa shape index (κ3) is 2.45. The minimum Gasteiger partial charge on any atom is -0.288 e. The van der Waals surface area contributed by atoms with Gasteiger partial charge in [-0.25, -0.2) is 14.8 Å². The first kappa shape index (κ1) is 14.2. The van der Waals surface area contributed by atoms with E-state index < -0.39 is 0 Å². The monoisotopic (exact) mass is 320 g/mol. The largest absolute Gasteiger partial charge is 0.330 e. The van der Waals surface area contributed by atoms with Gasteiger partial charge in [-0.1, -0.05) is 35.5 Å². The lowest BCUT2D eigenvalue weighted by Gasteiger charge is -2.34. The van der Waals surface area contributed by atoms with Gasteiger partial charge >= 0.3 is 6.03 Å². The first-order valence-corrected chi connectivity index (χ1v) is 7.91. The van der Waals surface area contributed by atoms with Gasteiger partial charge in [0.15, 0.2) is 5.16 Å². The van der Waals surface area contributed by atoms with Gasteiger partial charge in [-0.05, 0) is 18.4 Å². The predicted molar refractivity (Wildman–Crippen MR) is 85.2 cm³/mol. The van der Waals surface area contributed by atoms with E-state index in [9.17, 15) is 4.79 Å². The summed E-state index contributed by atoms with van der Waals surface area (Å²) in [4.78, 5) is 24.4. The van der Waals surface area contributed by atoms with Gasteiger partial charge in [0.25, 0.3) is 0 Å². The molecule has 1 aromatic heterocycles. The highest BCUT2D eigenvalue weighted by Gasteiger charge is 2.31. The number of fused-ring (bicyclic) bond motifs is 1. The van der Waals surface area contributed by atoms with Gasteiger partial charge < -0.3 is 0 Å². The number of carbonyl (C=O) groups is 1. The molecule has 0 N–H and O–H groups in total. The fourth-order valence-corrected chi connectivity index (χ4v) is 2.82. The first-order valence-electron chi connectivity index (χ1n) is 6.31. The minimum atomic E-state index is -0.152. The molecule has 0 fully saturated rings. The lowest BCUT2D eigenvalue weighted by atomic mass is 10.2. The average molecular weight is 321 g/mol. The minimum absolute atomic E-state index is 0.152. The smallest absolute Gasteiger partial charge is 0.288 e. The Balaban J connectivity index is 2.04. The Morgan fingerprint density at radius 3 is 2.81 bits per heavy atom. The van der Waals surface area contributed by atoms with Gasteiger partial charge in [-0.2, -0.15) is 0 Å². The van der Waals surface area contributed by atoms with Gasteiger partial charge in [-0.15, -0.1) is 0 Å². The molecule has 2 aromatic rings. The number of rotatable bonds is 2. The molecular formula is C14H13ClN4OS. The molecule has 2 heterocycles. The van der Waals surface area contributed by atoms with Crippen molar-refractivity contribution in [3.05, 3.63) is 41.0 Å². The summed E-state index contributed by atoms with van der Waals surface area (Å²) in [6.07, 6.45) is 3.67. The Bertz CT molecular complexity index is 709. The quantitative estimate of drug-likeness (QED) is 0.628. The summed E-state index contributed by atoms with van der Waals surface area (Å²) in [6.45, 7) is 0.414. The van der Waals surface area contributed by atoms with Crippen LogP contribution in [0, 0.1) is 0 Å². The molecule has 0 saturated heterocycles. The number of aromatic nitrogens is 2. The Morgan fingerprint density at radius 2 is 2.10 bits per heavy atom. The second-order valence-electron chi connectivity index (χ2n) is 4.58. The van der Waals surface area contributed by atoms with Crippen molar-refractivity contribution in [2.45, 2.75) is 11.7 Å². The summed E-state index contributed by atoms with van der Waals surface area (Å²) in [5.41, 5.74) is 1.59. The van der Waals surface area contributed by atoms with Crippen molar-refractivity contribution in [1.82, 2.24) is 9.97 Å². The molecular weight excluding hydrogens is 308 g/mol. The second kappa shape index (κ2) is 5.54. The molecule has 1 aliphatic heterocycles. The number of thioether (sulfide) groups is 1. The van der Waals surface area contributed by atoms with Crippen LogP contribution in [0.5, 0.6) is 0 Å². The van der Waals surface area contributed by atoms with Crippen LogP contribution in [0.25, 0.3) is 0 Å². The normalized spacial score (nSPS) is 14.3. The molecule has 0 radical (unpaired) electrons. The summed E-state index contributed by atoms with van der Waals surface area (Å²) in [7, 11) is 1.71. The number of amides is 2. The molecule has 21 heavy (non-hydrogen) atoms. The first-order chi connectivity index (χ1) is 10.1. The zero-order valence-corrected chi connectivity index (χ0v) is 13.1. The van der Waals surface area contributed by atoms with Crippen LogP contribution in [0.2, 0.25) is 5.02 Å². The Labute approximate surface area is 131 Å². The number of carbonyl (C=O) groups excluding carboxylic acids is 1. The van der Waals surface area contributed by atoms with E-state index in [2.05, 4.69) is 9.97 Å². The predicted octanol–water partition coefficient (Wildman–Crippen LogP) is 3.43. The lowest BCUT2D eigenvalue weighted by Crippen LogP contribution is -2.46. The maximum Gasteiger partial charge on any atom is 0.330 e. The Hall–Kier alpha value is -1.79. The molecule has 0 spiro atoms. The van der Waals surface area contributed by atoms with Gasteiger partial charge in [-0.3, -0.25) is 9.80 Å². The molecule has 0 bridgehead atoms. The Kier molecular flexibility index (Phi) is 3.73. The van der Waals surface area contributed by atoms with Crippen LogP contribution in [0.1, 0.15) is 5.56 Å². The topological polar surface area (TPSA) is 49.3 Å². The molecule has 2 amide bonds. The number of para-hydroxylation sites is 1. The number of urea groups is 1. The van der Waals surface area contributed by atoms with E-state index in [1.54, 1.807) is 24.2 Å². The van der Waals surface area contributed by atoms with Crippen LogP contribution in [0.3, 0.4) is 0 Å². The van der Waals surface area contributed by atoms with Crippen molar-refractivity contribution in [1.29, 1.82) is 0 Å². The van der Waals surface area contributed by atoms with Gasteiger partial charge in [0.1, 0.15) is 5.82 Å². The van der Waals surface area contributed by atoms with Crippen LogP contribution in [0.4, 0.5) is 16.3 Å². The summed E-state index contributed by atoms with van der Waals surface area (Å²) >= 11 is 7.65. The van der Waals surface area contributed by atoms with Crippen molar-refractivity contribution in [3.63, 3.8) is 0 Å². The molecule has 0 aliphatic carbocycles. The molecule has 5 nitrogen and oxygen atoms in total.